The smallest absolute Gasteiger partial charge is 0.306 e. The Morgan fingerprint density at radius 3 is 2.82 bits per heavy atom. The monoisotopic (exact) mass is 255 g/mol. The number of carboxylic acid groups (broad SMARTS) is 1. The number of methoxy groups -OCH3 is 1. The van der Waals surface area contributed by atoms with Gasteiger partial charge < -0.3 is 15.6 Å². The van der Waals surface area contributed by atoms with Crippen molar-refractivity contribution >= 4 is 17.6 Å². The molecule has 3 atom stereocenters. The van der Waals surface area contributed by atoms with Crippen molar-refractivity contribution in [1.29, 1.82) is 0 Å². The Hall–Kier alpha value is -1.26. The molecule has 0 heterocycles. The van der Waals surface area contributed by atoms with Crippen LogP contribution in [-0.4, -0.2) is 18.2 Å². The van der Waals surface area contributed by atoms with Crippen molar-refractivity contribution in [3.8, 4) is 5.75 Å². The fourth-order valence-electron chi connectivity index (χ4n) is 2.03. The van der Waals surface area contributed by atoms with Crippen molar-refractivity contribution in [2.45, 2.75) is 12.5 Å². The van der Waals surface area contributed by atoms with E-state index in [1.165, 1.54) is 0 Å². The summed E-state index contributed by atoms with van der Waals surface area (Å²) >= 11 is 6.09. The van der Waals surface area contributed by atoms with Gasteiger partial charge in [-0.25, -0.2) is 0 Å². The summed E-state index contributed by atoms with van der Waals surface area (Å²) in [5.74, 6) is -0.465. The highest BCUT2D eigenvalue weighted by Crippen LogP contribution is 2.47. The molecule has 0 bridgehead atoms. The van der Waals surface area contributed by atoms with Gasteiger partial charge in [-0.15, -0.1) is 0 Å². The molecule has 0 amide bonds. The van der Waals surface area contributed by atoms with Crippen molar-refractivity contribution in [3.63, 3.8) is 0 Å². The maximum Gasteiger partial charge on any atom is 0.306 e. The summed E-state index contributed by atoms with van der Waals surface area (Å²) in [6, 6.07) is 4.94. The van der Waals surface area contributed by atoms with Crippen LogP contribution in [0, 0.1) is 11.8 Å². The van der Waals surface area contributed by atoms with Crippen LogP contribution in [-0.2, 0) is 4.79 Å². The van der Waals surface area contributed by atoms with Crippen LogP contribution in [0.25, 0.3) is 0 Å². The molecule has 0 aliphatic heterocycles. The number of carboxylic acids is 1. The van der Waals surface area contributed by atoms with Gasteiger partial charge in [0.25, 0.3) is 0 Å². The molecule has 1 aliphatic rings. The van der Waals surface area contributed by atoms with Crippen LogP contribution >= 0.6 is 11.6 Å². The molecular weight excluding hydrogens is 242 g/mol. The first-order chi connectivity index (χ1) is 8.04. The lowest BCUT2D eigenvalue weighted by Gasteiger charge is -2.14. The number of nitrogens with two attached hydrogens (primary N) is 1. The van der Waals surface area contributed by atoms with Gasteiger partial charge in [0.1, 0.15) is 5.75 Å². The average molecular weight is 256 g/mol. The van der Waals surface area contributed by atoms with Crippen molar-refractivity contribution in [2.24, 2.45) is 17.6 Å². The molecule has 1 aromatic rings. The first-order valence-electron chi connectivity index (χ1n) is 5.36. The van der Waals surface area contributed by atoms with Crippen molar-refractivity contribution in [2.75, 3.05) is 7.11 Å². The second-order valence-corrected chi connectivity index (χ2v) is 4.66. The topological polar surface area (TPSA) is 72.5 Å². The molecule has 1 fully saturated rings. The van der Waals surface area contributed by atoms with E-state index in [1.807, 2.05) is 0 Å². The van der Waals surface area contributed by atoms with Gasteiger partial charge in [-0.3, -0.25) is 4.79 Å². The van der Waals surface area contributed by atoms with Crippen molar-refractivity contribution in [3.05, 3.63) is 28.8 Å². The van der Waals surface area contributed by atoms with E-state index in [9.17, 15) is 4.79 Å². The summed E-state index contributed by atoms with van der Waals surface area (Å²) in [5.41, 5.74) is 6.81. The standard InChI is InChI=1S/C12H14ClNO3/c1-17-6-2-3-7(10(13)4-6)11(14)8-5-9(8)12(15)16/h2-4,8-9,11H,5,14H2,1H3,(H,15,16). The lowest BCUT2D eigenvalue weighted by molar-refractivity contribution is -0.138. The van der Waals surface area contributed by atoms with Crippen molar-refractivity contribution in [1.82, 2.24) is 0 Å². The van der Waals surface area contributed by atoms with Crippen LogP contribution in [0.2, 0.25) is 5.02 Å². The highest BCUT2D eigenvalue weighted by atomic mass is 35.5. The number of carbonyl (C=O) groups is 1. The fraction of sp³-hybridized carbons (Fsp3) is 0.417. The summed E-state index contributed by atoms with van der Waals surface area (Å²) in [6.07, 6.45) is 0.624. The highest BCUT2D eigenvalue weighted by molar-refractivity contribution is 6.31. The summed E-state index contributed by atoms with van der Waals surface area (Å²) in [5, 5.41) is 9.38. The largest absolute Gasteiger partial charge is 0.497 e. The molecule has 0 aromatic heterocycles. The van der Waals surface area contributed by atoms with Crippen molar-refractivity contribution < 1.29 is 14.6 Å². The van der Waals surface area contributed by atoms with Crippen LogP contribution in [0.1, 0.15) is 18.0 Å². The predicted molar refractivity (Wildman–Crippen MR) is 64.2 cm³/mol. The van der Waals surface area contributed by atoms with Crippen LogP contribution in [0.15, 0.2) is 18.2 Å². The molecule has 0 radical (unpaired) electrons. The Bertz CT molecular complexity index is 449. The second-order valence-electron chi connectivity index (χ2n) is 4.26. The van der Waals surface area contributed by atoms with Crippen LogP contribution in [0.5, 0.6) is 5.75 Å². The second kappa shape index (κ2) is 4.55. The van der Waals surface area contributed by atoms with Crippen LogP contribution < -0.4 is 10.5 Å². The van der Waals surface area contributed by atoms with Crippen LogP contribution in [0.4, 0.5) is 0 Å². The molecular formula is C12H14ClNO3. The van der Waals surface area contributed by atoms with E-state index in [-0.39, 0.29) is 17.9 Å². The lowest BCUT2D eigenvalue weighted by Crippen LogP contribution is -2.16. The number of rotatable bonds is 4. The summed E-state index contributed by atoms with van der Waals surface area (Å²) in [7, 11) is 1.56. The minimum Gasteiger partial charge on any atom is -0.497 e. The third-order valence-corrected chi connectivity index (χ3v) is 3.51. The van der Waals surface area contributed by atoms with Gasteiger partial charge in [-0.1, -0.05) is 17.7 Å². The van der Waals surface area contributed by atoms with E-state index in [0.29, 0.717) is 17.2 Å². The number of ether oxygens (including phenoxy) is 1. The minimum absolute atomic E-state index is 0.0154. The first kappa shape index (κ1) is 12.2. The van der Waals surface area contributed by atoms with E-state index >= 15 is 0 Å². The number of benzene rings is 1. The van der Waals surface area contributed by atoms with E-state index < -0.39 is 5.97 Å². The normalized spacial score (nSPS) is 24.2. The number of hydrogen-bond acceptors (Lipinski definition) is 3. The van der Waals surface area contributed by atoms with Gasteiger partial charge in [0.15, 0.2) is 0 Å². The number of aliphatic carboxylic acids is 1. The third kappa shape index (κ3) is 2.37. The van der Waals surface area contributed by atoms with Gasteiger partial charge in [0, 0.05) is 11.1 Å². The first-order valence-corrected chi connectivity index (χ1v) is 5.74. The quantitative estimate of drug-likeness (QED) is 0.864. The molecule has 1 saturated carbocycles. The average Bonchev–Trinajstić information content (AvgIpc) is 3.08. The summed E-state index contributed by atoms with van der Waals surface area (Å²) in [4.78, 5) is 10.8. The van der Waals surface area contributed by atoms with Gasteiger partial charge in [0.2, 0.25) is 0 Å². The zero-order valence-electron chi connectivity index (χ0n) is 9.39. The zero-order chi connectivity index (χ0) is 12.6. The maximum absolute atomic E-state index is 10.8. The Morgan fingerprint density at radius 2 is 2.35 bits per heavy atom. The number of halogens is 1. The van der Waals surface area contributed by atoms with Gasteiger partial charge >= 0.3 is 5.97 Å². The molecule has 2 rings (SSSR count). The summed E-state index contributed by atoms with van der Waals surface area (Å²) < 4.78 is 5.05. The maximum atomic E-state index is 10.8. The Kier molecular flexibility index (Phi) is 3.26. The Morgan fingerprint density at radius 1 is 1.65 bits per heavy atom. The molecule has 1 aromatic carbocycles. The molecule has 17 heavy (non-hydrogen) atoms. The van der Waals surface area contributed by atoms with Crippen LogP contribution in [0.3, 0.4) is 0 Å². The Labute approximate surface area is 104 Å². The third-order valence-electron chi connectivity index (χ3n) is 3.18. The molecule has 3 unspecified atom stereocenters. The molecule has 92 valence electrons. The SMILES string of the molecule is COc1ccc(C(N)C2CC2C(=O)O)c(Cl)c1. The molecule has 3 N–H and O–H groups in total. The van der Waals surface area contributed by atoms with Gasteiger partial charge in [0.05, 0.1) is 13.0 Å². The molecule has 5 heteroatoms. The zero-order valence-corrected chi connectivity index (χ0v) is 10.1. The van der Waals surface area contributed by atoms with E-state index in [0.717, 1.165) is 5.56 Å². The molecule has 1 aliphatic carbocycles. The van der Waals surface area contributed by atoms with Gasteiger partial charge in [-0.2, -0.15) is 0 Å². The summed E-state index contributed by atoms with van der Waals surface area (Å²) in [6.45, 7) is 0. The fourth-order valence-corrected chi connectivity index (χ4v) is 2.33. The molecule has 0 spiro atoms. The molecule has 4 nitrogen and oxygen atoms in total. The highest BCUT2D eigenvalue weighted by Gasteiger charge is 2.47. The van der Waals surface area contributed by atoms with Gasteiger partial charge in [-0.05, 0) is 30.0 Å². The number of hydrogen-bond donors (Lipinski definition) is 2. The molecule has 0 saturated heterocycles. The Balaban J connectivity index is 2.15. The predicted octanol–water partition coefficient (Wildman–Crippen LogP) is 2.07. The minimum atomic E-state index is -0.782. The van der Waals surface area contributed by atoms with E-state index in [2.05, 4.69) is 0 Å². The van der Waals surface area contributed by atoms with E-state index in [1.54, 1.807) is 25.3 Å². The van der Waals surface area contributed by atoms with E-state index in [4.69, 9.17) is 27.2 Å². The lowest BCUT2D eigenvalue weighted by atomic mass is 10.0.